The van der Waals surface area contributed by atoms with E-state index < -0.39 is 0 Å². The first kappa shape index (κ1) is 23.9. The summed E-state index contributed by atoms with van der Waals surface area (Å²) >= 11 is 2.98. The van der Waals surface area contributed by atoms with Gasteiger partial charge in [-0.25, -0.2) is 4.98 Å². The maximum Gasteiger partial charge on any atom is 0.267 e. The van der Waals surface area contributed by atoms with Crippen molar-refractivity contribution in [2.24, 2.45) is 0 Å². The van der Waals surface area contributed by atoms with Crippen LogP contribution < -0.4 is 5.56 Å². The van der Waals surface area contributed by atoms with Gasteiger partial charge in [-0.05, 0) is 75.4 Å². The molecule has 0 spiro atoms. The van der Waals surface area contributed by atoms with Gasteiger partial charge < -0.3 is 4.57 Å². The zero-order valence-electron chi connectivity index (χ0n) is 20.9. The molecule has 0 fully saturated rings. The molecule has 0 radical (unpaired) electrons. The van der Waals surface area contributed by atoms with Crippen molar-refractivity contribution in [3.63, 3.8) is 0 Å². The van der Waals surface area contributed by atoms with Crippen LogP contribution in [0.2, 0.25) is 0 Å². The van der Waals surface area contributed by atoms with Gasteiger partial charge in [0, 0.05) is 27.5 Å². The minimum Gasteiger partial charge on any atom is -0.318 e. The minimum atomic E-state index is -0.0344. The average molecular weight is 526 g/mol. The molecule has 5 aromatic rings. The molecule has 3 aromatic heterocycles. The molecule has 0 unspecified atom stereocenters. The van der Waals surface area contributed by atoms with E-state index in [1.807, 2.05) is 80.6 Å². The maximum absolute atomic E-state index is 13.9. The number of rotatable bonds is 6. The van der Waals surface area contributed by atoms with Crippen LogP contribution in [0.5, 0.6) is 0 Å². The highest BCUT2D eigenvalue weighted by atomic mass is 32.2. The molecule has 0 atom stereocenters. The van der Waals surface area contributed by atoms with Crippen LogP contribution in [-0.4, -0.2) is 25.7 Å². The van der Waals surface area contributed by atoms with E-state index in [-0.39, 0.29) is 17.1 Å². The second-order valence-corrected chi connectivity index (χ2v) is 11.5. The number of aromatic nitrogens is 3. The number of thiophene rings is 1. The number of Topliss-reactive ketones (excluding diaryl/α,β-unsaturated/α-hetero) is 1. The molecule has 0 amide bonds. The molecule has 1 aliphatic carbocycles. The lowest BCUT2D eigenvalue weighted by atomic mass is 9.97. The number of hydrogen-bond acceptors (Lipinski definition) is 5. The van der Waals surface area contributed by atoms with Gasteiger partial charge in [0.2, 0.25) is 0 Å². The minimum absolute atomic E-state index is 0.0275. The predicted octanol–water partition coefficient (Wildman–Crippen LogP) is 6.71. The monoisotopic (exact) mass is 525 g/mol. The summed E-state index contributed by atoms with van der Waals surface area (Å²) in [7, 11) is 0. The molecule has 2 aromatic carbocycles. The van der Waals surface area contributed by atoms with Gasteiger partial charge in [0.15, 0.2) is 10.9 Å². The highest BCUT2D eigenvalue weighted by molar-refractivity contribution is 7.99. The number of hydrogen-bond donors (Lipinski definition) is 0. The lowest BCUT2D eigenvalue weighted by Gasteiger charge is -2.13. The molecular formula is C30H27N3O2S2. The Morgan fingerprint density at radius 2 is 1.59 bits per heavy atom. The van der Waals surface area contributed by atoms with Gasteiger partial charge in [0.05, 0.1) is 16.8 Å². The molecule has 3 heterocycles. The molecule has 7 heteroatoms. The van der Waals surface area contributed by atoms with Crippen LogP contribution in [0.1, 0.15) is 45.0 Å². The molecular weight excluding hydrogens is 498 g/mol. The van der Waals surface area contributed by atoms with E-state index >= 15 is 0 Å². The fourth-order valence-corrected chi connectivity index (χ4v) is 7.51. The van der Waals surface area contributed by atoms with Gasteiger partial charge >= 0.3 is 0 Å². The second kappa shape index (κ2) is 9.80. The third kappa shape index (κ3) is 4.26. The molecule has 0 aliphatic heterocycles. The van der Waals surface area contributed by atoms with Crippen molar-refractivity contribution < 1.29 is 4.79 Å². The molecule has 0 N–H and O–H groups in total. The Balaban J connectivity index is 1.38. The number of fused-ring (bicyclic) bond motifs is 3. The van der Waals surface area contributed by atoms with Crippen LogP contribution in [0, 0.1) is 13.8 Å². The van der Waals surface area contributed by atoms with E-state index in [4.69, 9.17) is 4.98 Å². The van der Waals surface area contributed by atoms with E-state index in [0.29, 0.717) is 10.7 Å². The van der Waals surface area contributed by atoms with Gasteiger partial charge in [-0.15, -0.1) is 11.3 Å². The van der Waals surface area contributed by atoms with Crippen LogP contribution >= 0.6 is 23.1 Å². The smallest absolute Gasteiger partial charge is 0.267 e. The first-order chi connectivity index (χ1) is 18.0. The first-order valence-corrected chi connectivity index (χ1v) is 14.4. The summed E-state index contributed by atoms with van der Waals surface area (Å²) in [6, 6.07) is 21.7. The van der Waals surface area contributed by atoms with Gasteiger partial charge in [0.25, 0.3) is 5.56 Å². The Morgan fingerprint density at radius 3 is 2.30 bits per heavy atom. The van der Waals surface area contributed by atoms with Crippen molar-refractivity contribution in [1.29, 1.82) is 0 Å². The Kier molecular flexibility index (Phi) is 6.34. The standard InChI is InChI=1S/C30H27N3O2S2/c1-19-17-24(20(2)32(19)21-11-5-3-6-12-21)25(34)18-36-30-31-28-27(23-15-9-10-16-26(23)37-28)29(35)33(30)22-13-7-4-8-14-22/h3-8,11-14,17H,9-10,15-16,18H2,1-2H3. The number of carbonyl (C=O) groups excluding carboxylic acids is 1. The SMILES string of the molecule is Cc1cc(C(=O)CSc2nc3sc4c(c3c(=O)n2-c2ccccc2)CCCC4)c(C)n1-c1ccccc1. The third-order valence-electron chi connectivity index (χ3n) is 7.05. The molecule has 37 heavy (non-hydrogen) atoms. The van der Waals surface area contributed by atoms with Crippen LogP contribution in [0.15, 0.2) is 76.7 Å². The normalized spacial score (nSPS) is 13.1. The summed E-state index contributed by atoms with van der Waals surface area (Å²) < 4.78 is 3.80. The fourth-order valence-electron chi connectivity index (χ4n) is 5.32. The zero-order valence-corrected chi connectivity index (χ0v) is 22.5. The van der Waals surface area contributed by atoms with Crippen LogP contribution in [0.4, 0.5) is 0 Å². The number of para-hydroxylation sites is 2. The molecule has 0 saturated carbocycles. The third-order valence-corrected chi connectivity index (χ3v) is 9.18. The predicted molar refractivity (Wildman–Crippen MR) is 152 cm³/mol. The molecule has 186 valence electrons. The Labute approximate surface area is 223 Å². The Hall–Kier alpha value is -3.42. The number of aryl methyl sites for hydroxylation is 3. The molecule has 0 bridgehead atoms. The molecule has 1 aliphatic rings. The van der Waals surface area contributed by atoms with Crippen molar-refractivity contribution in [3.8, 4) is 11.4 Å². The molecule has 5 nitrogen and oxygen atoms in total. The van der Waals surface area contributed by atoms with Gasteiger partial charge in [-0.2, -0.15) is 0 Å². The van der Waals surface area contributed by atoms with Crippen LogP contribution in [0.3, 0.4) is 0 Å². The van der Waals surface area contributed by atoms with Crippen LogP contribution in [-0.2, 0) is 12.8 Å². The summed E-state index contributed by atoms with van der Waals surface area (Å²) in [5, 5.41) is 1.32. The number of nitrogens with zero attached hydrogens (tertiary/aromatic N) is 3. The number of carbonyl (C=O) groups is 1. The largest absolute Gasteiger partial charge is 0.318 e. The zero-order chi connectivity index (χ0) is 25.5. The van der Waals surface area contributed by atoms with Crippen molar-refractivity contribution in [2.75, 3.05) is 5.75 Å². The highest BCUT2D eigenvalue weighted by Crippen LogP contribution is 2.35. The van der Waals surface area contributed by atoms with E-state index in [9.17, 15) is 9.59 Å². The highest BCUT2D eigenvalue weighted by Gasteiger charge is 2.24. The van der Waals surface area contributed by atoms with E-state index in [1.54, 1.807) is 15.9 Å². The van der Waals surface area contributed by atoms with Gasteiger partial charge in [0.1, 0.15) is 4.83 Å². The molecule has 6 rings (SSSR count). The lowest BCUT2D eigenvalue weighted by molar-refractivity contribution is 0.102. The number of benzene rings is 2. The number of thioether (sulfide) groups is 1. The summed E-state index contributed by atoms with van der Waals surface area (Å²) in [4.78, 5) is 34.4. The first-order valence-electron chi connectivity index (χ1n) is 12.6. The van der Waals surface area contributed by atoms with E-state index in [0.717, 1.165) is 58.7 Å². The lowest BCUT2D eigenvalue weighted by Crippen LogP contribution is -2.22. The van der Waals surface area contributed by atoms with E-state index in [2.05, 4.69) is 4.57 Å². The van der Waals surface area contributed by atoms with Crippen molar-refractivity contribution in [3.05, 3.63) is 104 Å². The Morgan fingerprint density at radius 1 is 0.946 bits per heavy atom. The fraction of sp³-hybridized carbons (Fsp3) is 0.233. The van der Waals surface area contributed by atoms with Gasteiger partial charge in [-0.3, -0.25) is 14.2 Å². The summed E-state index contributed by atoms with van der Waals surface area (Å²) in [6.07, 6.45) is 4.21. The van der Waals surface area contributed by atoms with Crippen molar-refractivity contribution in [2.45, 2.75) is 44.7 Å². The summed E-state index contributed by atoms with van der Waals surface area (Å²) in [5.74, 6) is 0.231. The number of ketones is 1. The summed E-state index contributed by atoms with van der Waals surface area (Å²) in [5.41, 5.74) is 5.59. The summed E-state index contributed by atoms with van der Waals surface area (Å²) in [6.45, 7) is 4.00. The van der Waals surface area contributed by atoms with Gasteiger partial charge in [-0.1, -0.05) is 48.2 Å². The topological polar surface area (TPSA) is 56.9 Å². The quantitative estimate of drug-likeness (QED) is 0.140. The average Bonchev–Trinajstić information content (AvgIpc) is 3.44. The van der Waals surface area contributed by atoms with Crippen LogP contribution in [0.25, 0.3) is 21.6 Å². The maximum atomic E-state index is 13.9. The molecule has 0 saturated heterocycles. The second-order valence-electron chi connectivity index (χ2n) is 9.43. The van der Waals surface area contributed by atoms with Crippen molar-refractivity contribution >= 4 is 39.1 Å². The van der Waals surface area contributed by atoms with Crippen molar-refractivity contribution in [1.82, 2.24) is 14.1 Å². The Bertz CT molecular complexity index is 1680. The van der Waals surface area contributed by atoms with E-state index in [1.165, 1.54) is 22.2 Å².